The van der Waals surface area contributed by atoms with Gasteiger partial charge in [-0.25, -0.2) is 4.68 Å². The van der Waals surface area contributed by atoms with Crippen molar-refractivity contribution in [2.75, 3.05) is 6.61 Å². The number of hydrogen-bond acceptors (Lipinski definition) is 9. The zero-order chi connectivity index (χ0) is 22.2. The van der Waals surface area contributed by atoms with Gasteiger partial charge in [-0.05, 0) is 29.7 Å². The molecule has 1 fully saturated rings. The molecule has 31 heavy (non-hydrogen) atoms. The number of ether oxygens (including phenoxy) is 2. The van der Waals surface area contributed by atoms with Crippen LogP contribution in [0.4, 0.5) is 0 Å². The Morgan fingerprint density at radius 2 is 1.81 bits per heavy atom. The fourth-order valence-corrected chi connectivity index (χ4v) is 3.62. The monoisotopic (exact) mass is 431 g/mol. The first-order valence-electron chi connectivity index (χ1n) is 9.99. The number of rotatable bonds is 6. The van der Waals surface area contributed by atoms with Gasteiger partial charge in [0.25, 0.3) is 5.79 Å². The SMILES string of the molecule is CCc1ccc(Cn2nnc3cccc(O[C@@]4(O)[C@H](O)O[C@@H](CO)[C@H](O)[C@H]4O)c32)cc1. The highest BCUT2D eigenvalue weighted by atomic mass is 16.7. The molecule has 0 unspecified atom stereocenters. The van der Waals surface area contributed by atoms with E-state index in [2.05, 4.69) is 17.2 Å². The van der Waals surface area contributed by atoms with Gasteiger partial charge in [-0.3, -0.25) is 0 Å². The second kappa shape index (κ2) is 8.50. The van der Waals surface area contributed by atoms with Crippen molar-refractivity contribution in [3.63, 3.8) is 0 Å². The first kappa shape index (κ1) is 21.6. The van der Waals surface area contributed by atoms with Crippen molar-refractivity contribution in [2.45, 2.75) is 50.3 Å². The third kappa shape index (κ3) is 3.89. The fraction of sp³-hybridized carbons (Fsp3) is 0.429. The predicted molar refractivity (Wildman–Crippen MR) is 108 cm³/mol. The standard InChI is InChI=1S/C21H25N3O7/c1-2-12-6-8-13(9-7-12)10-24-17-14(22-23-24)4-3-5-15(17)31-21(29)19(27)18(26)16(11-25)30-20(21)28/h3-9,16,18-20,25-29H,2,10-11H2,1H3/t16-,18-,19+,20+,21+/m0/s1. The third-order valence-corrected chi connectivity index (χ3v) is 5.50. The molecule has 1 aromatic heterocycles. The zero-order valence-corrected chi connectivity index (χ0v) is 16.9. The predicted octanol–water partition coefficient (Wildman–Crippen LogP) is -0.459. The molecule has 2 aromatic carbocycles. The number of benzene rings is 2. The largest absolute Gasteiger partial charge is 0.452 e. The van der Waals surface area contributed by atoms with Crippen LogP contribution in [0.1, 0.15) is 18.1 Å². The molecule has 3 aromatic rings. The van der Waals surface area contributed by atoms with Crippen LogP contribution in [0.25, 0.3) is 11.0 Å². The third-order valence-electron chi connectivity index (χ3n) is 5.50. The first-order valence-corrected chi connectivity index (χ1v) is 9.99. The van der Waals surface area contributed by atoms with Crippen LogP contribution in [0.15, 0.2) is 42.5 Å². The number of aryl methyl sites for hydroxylation is 1. The molecule has 1 saturated heterocycles. The molecule has 1 aliphatic heterocycles. The van der Waals surface area contributed by atoms with Crippen LogP contribution in [0.5, 0.6) is 5.75 Å². The summed E-state index contributed by atoms with van der Waals surface area (Å²) in [6, 6.07) is 12.9. The lowest BCUT2D eigenvalue weighted by Gasteiger charge is -2.45. The van der Waals surface area contributed by atoms with Crippen molar-refractivity contribution in [1.29, 1.82) is 0 Å². The maximum atomic E-state index is 10.8. The normalized spacial score (nSPS) is 28.7. The van der Waals surface area contributed by atoms with E-state index in [0.29, 0.717) is 17.6 Å². The lowest BCUT2D eigenvalue weighted by Crippen LogP contribution is -2.69. The summed E-state index contributed by atoms with van der Waals surface area (Å²) in [5.41, 5.74) is 3.08. The molecule has 5 atom stereocenters. The molecule has 2 heterocycles. The van der Waals surface area contributed by atoms with E-state index >= 15 is 0 Å². The highest BCUT2D eigenvalue weighted by Gasteiger charge is 2.57. The summed E-state index contributed by atoms with van der Waals surface area (Å²) in [7, 11) is 0. The highest BCUT2D eigenvalue weighted by Crippen LogP contribution is 2.34. The molecular formula is C21H25N3O7. The molecule has 5 N–H and O–H groups in total. The van der Waals surface area contributed by atoms with Gasteiger partial charge in [0.2, 0.25) is 6.29 Å². The molecule has 0 spiro atoms. The molecular weight excluding hydrogens is 406 g/mol. The number of para-hydroxylation sites is 1. The second-order valence-corrected chi connectivity index (χ2v) is 7.54. The van der Waals surface area contributed by atoms with E-state index in [-0.39, 0.29) is 5.75 Å². The van der Waals surface area contributed by atoms with Crippen molar-refractivity contribution in [3.05, 3.63) is 53.6 Å². The summed E-state index contributed by atoms with van der Waals surface area (Å²) < 4.78 is 12.2. The van der Waals surface area contributed by atoms with Gasteiger partial charge < -0.3 is 35.0 Å². The lowest BCUT2D eigenvalue weighted by molar-refractivity contribution is -0.385. The Balaban J connectivity index is 1.67. The lowest BCUT2D eigenvalue weighted by atomic mass is 9.96. The molecule has 0 radical (unpaired) electrons. The Bertz CT molecular complexity index is 1040. The maximum absolute atomic E-state index is 10.8. The van der Waals surface area contributed by atoms with Crippen molar-refractivity contribution in [1.82, 2.24) is 15.0 Å². The zero-order valence-electron chi connectivity index (χ0n) is 16.9. The van der Waals surface area contributed by atoms with Crippen LogP contribution in [0.3, 0.4) is 0 Å². The number of hydrogen-bond donors (Lipinski definition) is 5. The van der Waals surface area contributed by atoms with E-state index in [1.54, 1.807) is 16.8 Å². The van der Waals surface area contributed by atoms with E-state index in [4.69, 9.17) is 9.47 Å². The number of aromatic nitrogens is 3. The van der Waals surface area contributed by atoms with Gasteiger partial charge in [0, 0.05) is 0 Å². The summed E-state index contributed by atoms with van der Waals surface area (Å²) in [6.45, 7) is 1.79. The van der Waals surface area contributed by atoms with Gasteiger partial charge in [0.1, 0.15) is 23.2 Å². The highest BCUT2D eigenvalue weighted by molar-refractivity contribution is 5.81. The number of aliphatic hydroxyl groups excluding tert-OH is 4. The van der Waals surface area contributed by atoms with Crippen molar-refractivity contribution >= 4 is 11.0 Å². The molecule has 4 rings (SSSR count). The fourth-order valence-electron chi connectivity index (χ4n) is 3.62. The summed E-state index contributed by atoms with van der Waals surface area (Å²) in [5, 5.41) is 59.1. The van der Waals surface area contributed by atoms with E-state index in [9.17, 15) is 25.5 Å². The van der Waals surface area contributed by atoms with Gasteiger partial charge in [0.15, 0.2) is 11.9 Å². The van der Waals surface area contributed by atoms with Crippen molar-refractivity contribution in [2.24, 2.45) is 0 Å². The average molecular weight is 431 g/mol. The summed E-state index contributed by atoms with van der Waals surface area (Å²) >= 11 is 0. The van der Waals surface area contributed by atoms with E-state index in [1.165, 1.54) is 11.6 Å². The molecule has 0 aliphatic carbocycles. The Labute approximate surface area is 177 Å². The van der Waals surface area contributed by atoms with Gasteiger partial charge in [-0.15, -0.1) is 5.10 Å². The minimum absolute atomic E-state index is 0.0755. The summed E-state index contributed by atoms with van der Waals surface area (Å²) in [6.07, 6.45) is -6.00. The Hall–Kier alpha value is -2.60. The van der Waals surface area contributed by atoms with Gasteiger partial charge in [-0.1, -0.05) is 42.5 Å². The Morgan fingerprint density at radius 3 is 2.48 bits per heavy atom. The minimum Gasteiger partial charge on any atom is -0.452 e. The topological polar surface area (TPSA) is 150 Å². The quantitative estimate of drug-likeness (QED) is 0.327. The van der Waals surface area contributed by atoms with Crippen LogP contribution in [-0.2, 0) is 17.7 Å². The maximum Gasteiger partial charge on any atom is 0.288 e. The van der Waals surface area contributed by atoms with Crippen molar-refractivity contribution < 1.29 is 35.0 Å². The van der Waals surface area contributed by atoms with E-state index < -0.39 is 37.0 Å². The van der Waals surface area contributed by atoms with Gasteiger partial charge >= 0.3 is 0 Å². The van der Waals surface area contributed by atoms with E-state index in [1.807, 2.05) is 24.3 Å². The van der Waals surface area contributed by atoms with Crippen LogP contribution < -0.4 is 4.74 Å². The summed E-state index contributed by atoms with van der Waals surface area (Å²) in [4.78, 5) is 0. The molecule has 0 amide bonds. The molecule has 166 valence electrons. The van der Waals surface area contributed by atoms with Crippen LogP contribution in [0.2, 0.25) is 0 Å². The minimum atomic E-state index is -2.68. The van der Waals surface area contributed by atoms with Crippen LogP contribution >= 0.6 is 0 Å². The number of fused-ring (bicyclic) bond motifs is 1. The Morgan fingerprint density at radius 1 is 1.10 bits per heavy atom. The Kier molecular flexibility index (Phi) is 5.93. The van der Waals surface area contributed by atoms with Crippen molar-refractivity contribution in [3.8, 4) is 5.75 Å². The van der Waals surface area contributed by atoms with Crippen LogP contribution in [0, 0.1) is 0 Å². The smallest absolute Gasteiger partial charge is 0.288 e. The van der Waals surface area contributed by atoms with Crippen LogP contribution in [-0.4, -0.2) is 77.5 Å². The number of aliphatic hydroxyl groups is 5. The molecule has 10 nitrogen and oxygen atoms in total. The molecule has 10 heteroatoms. The van der Waals surface area contributed by atoms with Gasteiger partial charge in [0.05, 0.1) is 13.2 Å². The number of nitrogens with zero attached hydrogens (tertiary/aromatic N) is 3. The second-order valence-electron chi connectivity index (χ2n) is 7.54. The average Bonchev–Trinajstić information content (AvgIpc) is 3.19. The molecule has 0 saturated carbocycles. The summed E-state index contributed by atoms with van der Waals surface area (Å²) in [5.74, 6) is -2.61. The molecule has 1 aliphatic rings. The first-order chi connectivity index (χ1) is 14.9. The van der Waals surface area contributed by atoms with E-state index in [0.717, 1.165) is 12.0 Å². The van der Waals surface area contributed by atoms with Gasteiger partial charge in [-0.2, -0.15) is 0 Å². The molecule has 0 bridgehead atoms.